The third kappa shape index (κ3) is 3.25. The van der Waals surface area contributed by atoms with Crippen LogP contribution in [0.2, 0.25) is 0 Å². The first-order valence-electron chi connectivity index (χ1n) is 11.6. The molecule has 0 spiro atoms. The minimum absolute atomic E-state index is 0.0106. The lowest BCUT2D eigenvalue weighted by Crippen LogP contribution is -2.62. The number of hydrogen-bond acceptors (Lipinski definition) is 8. The molecule has 9 nitrogen and oxygen atoms in total. The van der Waals surface area contributed by atoms with Crippen molar-refractivity contribution >= 4 is 29.0 Å². The number of Topliss-reactive ketones (excluding diaryl/α,β-unsaturated/α-hetero) is 3. The third-order valence-corrected chi connectivity index (χ3v) is 7.64. The molecule has 0 bridgehead atoms. The van der Waals surface area contributed by atoms with E-state index in [1.807, 2.05) is 0 Å². The molecule has 4 atom stereocenters. The zero-order valence-corrected chi connectivity index (χ0v) is 20.0. The molecule has 35 heavy (non-hydrogen) atoms. The summed E-state index contributed by atoms with van der Waals surface area (Å²) in [6.45, 7) is 6.85. The highest BCUT2D eigenvalue weighted by Crippen LogP contribution is 2.54. The summed E-state index contributed by atoms with van der Waals surface area (Å²) in [4.78, 5) is 51.7. The largest absolute Gasteiger partial charge is 0.508 e. The van der Waals surface area contributed by atoms with Crippen LogP contribution in [0.15, 0.2) is 29.0 Å². The van der Waals surface area contributed by atoms with Gasteiger partial charge in [0, 0.05) is 28.9 Å². The highest BCUT2D eigenvalue weighted by molar-refractivity contribution is 6.23. The zero-order valence-electron chi connectivity index (χ0n) is 20.0. The Bertz CT molecular complexity index is 1250. The van der Waals surface area contributed by atoms with Crippen molar-refractivity contribution in [1.82, 2.24) is 0 Å². The Labute approximate surface area is 201 Å². The Morgan fingerprint density at radius 1 is 1.09 bits per heavy atom. The van der Waals surface area contributed by atoms with E-state index in [0.29, 0.717) is 11.1 Å². The van der Waals surface area contributed by atoms with Gasteiger partial charge in [-0.05, 0) is 42.4 Å². The molecule has 4 rings (SSSR count). The minimum atomic E-state index is -2.65. The van der Waals surface area contributed by atoms with Gasteiger partial charge in [0.25, 0.3) is 5.91 Å². The Hall–Kier alpha value is -3.46. The molecule has 6 N–H and O–H groups in total. The highest BCUT2D eigenvalue weighted by atomic mass is 16.3. The van der Waals surface area contributed by atoms with Crippen molar-refractivity contribution in [3.05, 3.63) is 45.7 Å². The fourth-order valence-electron chi connectivity index (χ4n) is 6.03. The van der Waals surface area contributed by atoms with E-state index in [1.54, 1.807) is 27.7 Å². The van der Waals surface area contributed by atoms with Gasteiger partial charge in [0.15, 0.2) is 17.2 Å². The van der Waals surface area contributed by atoms with Crippen LogP contribution in [-0.4, -0.2) is 49.3 Å². The first-order chi connectivity index (χ1) is 16.2. The van der Waals surface area contributed by atoms with Crippen LogP contribution in [0.5, 0.6) is 5.75 Å². The summed E-state index contributed by atoms with van der Waals surface area (Å²) in [6.07, 6.45) is 0.109. The second-order valence-electron chi connectivity index (χ2n) is 10.3. The monoisotopic (exact) mass is 483 g/mol. The van der Waals surface area contributed by atoms with Gasteiger partial charge in [0.2, 0.25) is 5.78 Å². The number of aliphatic hydroxyl groups excluding tert-OH is 2. The Balaban J connectivity index is 1.98. The summed E-state index contributed by atoms with van der Waals surface area (Å²) in [5, 5.41) is 44.1. The lowest BCUT2D eigenvalue weighted by Gasteiger charge is -2.50. The average molecular weight is 484 g/mol. The van der Waals surface area contributed by atoms with E-state index < -0.39 is 63.8 Å². The van der Waals surface area contributed by atoms with Gasteiger partial charge < -0.3 is 26.2 Å². The molecule has 0 unspecified atom stereocenters. The second kappa shape index (κ2) is 8.05. The van der Waals surface area contributed by atoms with Gasteiger partial charge in [-0.2, -0.15) is 0 Å². The molecule has 0 heterocycles. The first-order valence-corrected chi connectivity index (χ1v) is 11.6. The highest BCUT2D eigenvalue weighted by Gasteiger charge is 2.64. The molecule has 0 saturated heterocycles. The van der Waals surface area contributed by atoms with E-state index in [4.69, 9.17) is 5.73 Å². The van der Waals surface area contributed by atoms with Crippen LogP contribution >= 0.6 is 0 Å². The topological polar surface area (TPSA) is 175 Å². The molecule has 1 amide bonds. The van der Waals surface area contributed by atoms with Crippen LogP contribution in [0.1, 0.15) is 55.6 Å². The molecule has 3 aliphatic carbocycles. The number of primary amides is 1. The maximum atomic E-state index is 13.8. The smallest absolute Gasteiger partial charge is 0.255 e. The summed E-state index contributed by atoms with van der Waals surface area (Å²) < 4.78 is 0. The van der Waals surface area contributed by atoms with Gasteiger partial charge in [-0.3, -0.25) is 19.2 Å². The average Bonchev–Trinajstić information content (AvgIpc) is 2.75. The van der Waals surface area contributed by atoms with Gasteiger partial charge in [-0.15, -0.1) is 0 Å². The normalized spacial score (nSPS) is 28.3. The van der Waals surface area contributed by atoms with Crippen molar-refractivity contribution in [1.29, 1.82) is 0 Å². The molecule has 1 aromatic carbocycles. The third-order valence-electron chi connectivity index (χ3n) is 7.64. The van der Waals surface area contributed by atoms with Crippen molar-refractivity contribution < 1.29 is 39.6 Å². The van der Waals surface area contributed by atoms with Crippen molar-refractivity contribution in [2.24, 2.45) is 35.3 Å². The van der Waals surface area contributed by atoms with Gasteiger partial charge in [-0.1, -0.05) is 27.7 Å². The Morgan fingerprint density at radius 2 is 1.71 bits per heavy atom. The number of phenols is 1. The summed E-state index contributed by atoms with van der Waals surface area (Å²) in [6, 6.07) is 2.73. The summed E-state index contributed by atoms with van der Waals surface area (Å²) in [7, 11) is 0. The molecule has 1 fully saturated rings. The van der Waals surface area contributed by atoms with Crippen LogP contribution in [-0.2, 0) is 20.8 Å². The standard InChI is InChI=1S/C26H29NO8/c1-9(2)16-14-8-11-7-13-12(20(29)10(3)4)5-6-15(28)18(13)22(31)17(11)23(32)26(14,35)24(33)19(21(16)30)25(27)34/h5-6,9-11,14,16,28,31,33,35H,7-8H2,1-4H3,(H2,27,34)/t11-,14-,16-,26-/m0/s1. The molecule has 1 saturated carbocycles. The molecular formula is C26H29NO8. The van der Waals surface area contributed by atoms with E-state index in [9.17, 15) is 39.6 Å². The maximum absolute atomic E-state index is 13.8. The predicted molar refractivity (Wildman–Crippen MR) is 124 cm³/mol. The number of fused-ring (bicyclic) bond motifs is 3. The zero-order chi connectivity index (χ0) is 26.1. The van der Waals surface area contributed by atoms with E-state index in [-0.39, 0.29) is 41.4 Å². The van der Waals surface area contributed by atoms with Crippen molar-refractivity contribution in [3.8, 4) is 5.75 Å². The van der Waals surface area contributed by atoms with Crippen LogP contribution in [0.3, 0.4) is 0 Å². The van der Waals surface area contributed by atoms with Gasteiger partial charge in [0.05, 0.1) is 5.56 Å². The quantitative estimate of drug-likeness (QED) is 0.320. The number of ketones is 3. The lowest BCUT2D eigenvalue weighted by molar-refractivity contribution is -0.155. The number of carbonyl (C=O) groups is 4. The fourth-order valence-corrected chi connectivity index (χ4v) is 6.03. The van der Waals surface area contributed by atoms with Crippen molar-refractivity contribution in [2.75, 3.05) is 0 Å². The lowest BCUT2D eigenvalue weighted by atomic mass is 9.54. The second-order valence-corrected chi connectivity index (χ2v) is 10.3. The van der Waals surface area contributed by atoms with E-state index in [2.05, 4.69) is 0 Å². The Kier molecular flexibility index (Phi) is 5.67. The number of hydrogen-bond donors (Lipinski definition) is 5. The van der Waals surface area contributed by atoms with Gasteiger partial charge in [-0.25, -0.2) is 0 Å². The molecule has 0 aromatic heterocycles. The first kappa shape index (κ1) is 24.7. The van der Waals surface area contributed by atoms with Crippen LogP contribution in [0.4, 0.5) is 0 Å². The van der Waals surface area contributed by atoms with E-state index in [0.717, 1.165) is 0 Å². The maximum Gasteiger partial charge on any atom is 0.255 e. The van der Waals surface area contributed by atoms with Crippen LogP contribution < -0.4 is 5.73 Å². The molecular weight excluding hydrogens is 454 g/mol. The van der Waals surface area contributed by atoms with E-state index >= 15 is 0 Å². The number of aliphatic hydroxyl groups is 3. The van der Waals surface area contributed by atoms with Crippen LogP contribution in [0, 0.1) is 29.6 Å². The van der Waals surface area contributed by atoms with Crippen molar-refractivity contribution in [3.63, 3.8) is 0 Å². The van der Waals surface area contributed by atoms with Crippen LogP contribution in [0.25, 0.3) is 5.76 Å². The predicted octanol–water partition coefficient (Wildman–Crippen LogP) is 2.14. The number of aromatic hydroxyl groups is 1. The number of phenolic OH excluding ortho intramolecular Hbond substituents is 1. The summed E-state index contributed by atoms with van der Waals surface area (Å²) in [5.74, 6) is -8.86. The molecule has 0 aliphatic heterocycles. The fraction of sp³-hybridized carbons (Fsp3) is 0.462. The SMILES string of the molecule is CC(C)C(=O)c1ccc(O)c2c1C[C@H]1C[C@H]3[C@H](C(C)C)C(=O)C(C(N)=O)=C(O)[C@@]3(O)C(=O)C1=C2O. The molecule has 3 aliphatic rings. The van der Waals surface area contributed by atoms with Gasteiger partial charge >= 0.3 is 0 Å². The number of nitrogens with two attached hydrogens (primary N) is 1. The molecule has 186 valence electrons. The molecule has 0 radical (unpaired) electrons. The molecule has 1 aromatic rings. The number of rotatable bonds is 4. The van der Waals surface area contributed by atoms with E-state index in [1.165, 1.54) is 12.1 Å². The Morgan fingerprint density at radius 3 is 2.26 bits per heavy atom. The summed E-state index contributed by atoms with van der Waals surface area (Å²) in [5.41, 5.74) is 2.24. The number of benzene rings is 1. The van der Waals surface area contributed by atoms with Gasteiger partial charge in [0.1, 0.15) is 22.8 Å². The number of carbonyl (C=O) groups excluding carboxylic acids is 4. The summed E-state index contributed by atoms with van der Waals surface area (Å²) >= 11 is 0. The molecule has 9 heteroatoms. The number of amides is 1. The minimum Gasteiger partial charge on any atom is -0.508 e. The van der Waals surface area contributed by atoms with Crippen molar-refractivity contribution in [2.45, 2.75) is 46.1 Å².